The summed E-state index contributed by atoms with van der Waals surface area (Å²) in [6, 6.07) is 6.14. The lowest BCUT2D eigenvalue weighted by atomic mass is 9.99. The van der Waals surface area contributed by atoms with Gasteiger partial charge in [-0.05, 0) is 62.9 Å². The van der Waals surface area contributed by atoms with Crippen molar-refractivity contribution in [3.8, 4) is 0 Å². The first-order valence-electron chi connectivity index (χ1n) is 10.6. The number of unbranched alkanes of at least 4 members (excludes halogenated alkanes) is 1. The summed E-state index contributed by atoms with van der Waals surface area (Å²) in [7, 11) is 0. The number of anilines is 1. The van der Waals surface area contributed by atoms with Gasteiger partial charge in [-0.3, -0.25) is 9.69 Å². The summed E-state index contributed by atoms with van der Waals surface area (Å²) >= 11 is 0. The SMILES string of the molecule is CCCCn1c(CN2CCC(C)CC2)nc2cc(NC(=O)CCC)ccc21. The number of aryl methyl sites for hydroxylation is 1. The Morgan fingerprint density at radius 3 is 2.70 bits per heavy atom. The van der Waals surface area contributed by atoms with E-state index in [0.717, 1.165) is 62.0 Å². The molecular formula is C22H34N4O. The van der Waals surface area contributed by atoms with Crippen LogP contribution >= 0.6 is 0 Å². The normalized spacial score (nSPS) is 16.1. The van der Waals surface area contributed by atoms with Crippen LogP contribution in [-0.4, -0.2) is 33.4 Å². The van der Waals surface area contributed by atoms with E-state index in [1.165, 1.54) is 24.8 Å². The highest BCUT2D eigenvalue weighted by atomic mass is 16.1. The van der Waals surface area contributed by atoms with Gasteiger partial charge >= 0.3 is 0 Å². The van der Waals surface area contributed by atoms with Crippen LogP contribution in [0.5, 0.6) is 0 Å². The topological polar surface area (TPSA) is 50.2 Å². The standard InChI is InChI=1S/C22H34N4O/c1-4-6-12-26-20-9-8-18(23-22(27)7-5-2)15-19(20)24-21(26)16-25-13-10-17(3)11-14-25/h8-9,15,17H,4-7,10-14,16H2,1-3H3,(H,23,27). The first kappa shape index (κ1) is 19.9. The quantitative estimate of drug-likeness (QED) is 0.726. The zero-order chi connectivity index (χ0) is 19.2. The fourth-order valence-electron chi connectivity index (χ4n) is 3.81. The summed E-state index contributed by atoms with van der Waals surface area (Å²) in [6.07, 6.45) is 6.31. The molecule has 0 bridgehead atoms. The Morgan fingerprint density at radius 1 is 1.22 bits per heavy atom. The number of carbonyl (C=O) groups is 1. The third kappa shape index (κ3) is 5.10. The van der Waals surface area contributed by atoms with Gasteiger partial charge in [-0.25, -0.2) is 4.98 Å². The minimum Gasteiger partial charge on any atom is -0.327 e. The van der Waals surface area contributed by atoms with E-state index in [9.17, 15) is 4.79 Å². The molecule has 1 N–H and O–H groups in total. The number of likely N-dealkylation sites (tertiary alicyclic amines) is 1. The van der Waals surface area contributed by atoms with Gasteiger partial charge in [-0.1, -0.05) is 27.2 Å². The Kier molecular flexibility index (Phi) is 6.89. The molecule has 1 saturated heterocycles. The van der Waals surface area contributed by atoms with Gasteiger partial charge in [0.05, 0.1) is 17.6 Å². The minimum absolute atomic E-state index is 0.0740. The van der Waals surface area contributed by atoms with Crippen LogP contribution in [0.15, 0.2) is 18.2 Å². The highest BCUT2D eigenvalue weighted by molar-refractivity contribution is 5.93. The molecule has 148 valence electrons. The van der Waals surface area contributed by atoms with Crippen LogP contribution in [0.3, 0.4) is 0 Å². The molecule has 27 heavy (non-hydrogen) atoms. The number of imidazole rings is 1. The number of hydrogen-bond acceptors (Lipinski definition) is 3. The number of benzene rings is 1. The maximum absolute atomic E-state index is 11.9. The number of hydrogen-bond donors (Lipinski definition) is 1. The molecule has 0 spiro atoms. The smallest absolute Gasteiger partial charge is 0.224 e. The molecule has 5 nitrogen and oxygen atoms in total. The van der Waals surface area contributed by atoms with Gasteiger partial charge in [0.1, 0.15) is 5.82 Å². The van der Waals surface area contributed by atoms with E-state index >= 15 is 0 Å². The Labute approximate surface area is 163 Å². The van der Waals surface area contributed by atoms with Crippen LogP contribution in [0.2, 0.25) is 0 Å². The average Bonchev–Trinajstić information content (AvgIpc) is 2.98. The Balaban J connectivity index is 1.83. The van der Waals surface area contributed by atoms with Crippen molar-refractivity contribution in [1.29, 1.82) is 0 Å². The first-order valence-corrected chi connectivity index (χ1v) is 10.6. The lowest BCUT2D eigenvalue weighted by Gasteiger charge is -2.30. The largest absolute Gasteiger partial charge is 0.327 e. The summed E-state index contributed by atoms with van der Waals surface area (Å²) in [5.74, 6) is 2.07. The van der Waals surface area contributed by atoms with Gasteiger partial charge in [0.15, 0.2) is 0 Å². The Hall–Kier alpha value is -1.88. The highest BCUT2D eigenvalue weighted by Crippen LogP contribution is 2.24. The molecule has 0 atom stereocenters. The molecule has 1 aromatic heterocycles. The molecule has 0 aliphatic carbocycles. The number of piperidine rings is 1. The second kappa shape index (κ2) is 9.36. The van der Waals surface area contributed by atoms with E-state index in [2.05, 4.69) is 34.7 Å². The number of nitrogens with zero attached hydrogens (tertiary/aromatic N) is 3. The number of amides is 1. The highest BCUT2D eigenvalue weighted by Gasteiger charge is 2.19. The predicted molar refractivity (Wildman–Crippen MR) is 112 cm³/mol. The minimum atomic E-state index is 0.0740. The molecule has 1 aliphatic heterocycles. The van der Waals surface area contributed by atoms with E-state index in [4.69, 9.17) is 4.98 Å². The second-order valence-corrected chi connectivity index (χ2v) is 7.99. The number of nitrogens with one attached hydrogen (secondary N) is 1. The molecule has 1 aliphatic rings. The van der Waals surface area contributed by atoms with E-state index in [1.807, 2.05) is 19.1 Å². The zero-order valence-electron chi connectivity index (χ0n) is 17.1. The fourth-order valence-corrected chi connectivity index (χ4v) is 3.81. The van der Waals surface area contributed by atoms with Crippen molar-refractivity contribution in [1.82, 2.24) is 14.5 Å². The van der Waals surface area contributed by atoms with Crippen LogP contribution in [0.25, 0.3) is 11.0 Å². The zero-order valence-corrected chi connectivity index (χ0v) is 17.1. The molecule has 0 saturated carbocycles. The van der Waals surface area contributed by atoms with Gasteiger partial charge in [0, 0.05) is 18.7 Å². The summed E-state index contributed by atoms with van der Waals surface area (Å²) in [5.41, 5.74) is 3.01. The number of aromatic nitrogens is 2. The van der Waals surface area contributed by atoms with Crippen molar-refractivity contribution in [2.45, 2.75) is 72.4 Å². The van der Waals surface area contributed by atoms with E-state index in [0.29, 0.717) is 6.42 Å². The maximum atomic E-state index is 11.9. The molecule has 2 aromatic rings. The number of carbonyl (C=O) groups excluding carboxylic acids is 1. The van der Waals surface area contributed by atoms with Crippen molar-refractivity contribution in [2.75, 3.05) is 18.4 Å². The summed E-state index contributed by atoms with van der Waals surface area (Å²) in [4.78, 5) is 19.4. The molecule has 0 radical (unpaired) electrons. The Morgan fingerprint density at radius 2 is 2.00 bits per heavy atom. The van der Waals surface area contributed by atoms with Crippen molar-refractivity contribution < 1.29 is 4.79 Å². The van der Waals surface area contributed by atoms with Crippen molar-refractivity contribution in [3.63, 3.8) is 0 Å². The van der Waals surface area contributed by atoms with E-state index < -0.39 is 0 Å². The maximum Gasteiger partial charge on any atom is 0.224 e. The Bertz CT molecular complexity index is 759. The monoisotopic (exact) mass is 370 g/mol. The average molecular weight is 371 g/mol. The van der Waals surface area contributed by atoms with Gasteiger partial charge in [0.2, 0.25) is 5.91 Å². The molecule has 5 heteroatoms. The third-order valence-corrected chi connectivity index (χ3v) is 5.56. The molecule has 1 fully saturated rings. The van der Waals surface area contributed by atoms with Crippen LogP contribution in [0, 0.1) is 5.92 Å². The molecule has 1 aromatic carbocycles. The van der Waals surface area contributed by atoms with E-state index in [1.54, 1.807) is 0 Å². The van der Waals surface area contributed by atoms with Gasteiger partial charge in [0.25, 0.3) is 0 Å². The second-order valence-electron chi connectivity index (χ2n) is 7.99. The van der Waals surface area contributed by atoms with Crippen LogP contribution in [0.4, 0.5) is 5.69 Å². The van der Waals surface area contributed by atoms with Gasteiger partial charge < -0.3 is 9.88 Å². The summed E-state index contributed by atoms with van der Waals surface area (Å²) < 4.78 is 2.38. The number of rotatable bonds is 8. The van der Waals surface area contributed by atoms with Crippen LogP contribution in [0.1, 0.15) is 65.1 Å². The van der Waals surface area contributed by atoms with E-state index in [-0.39, 0.29) is 5.91 Å². The molecule has 2 heterocycles. The van der Waals surface area contributed by atoms with Crippen molar-refractivity contribution in [2.24, 2.45) is 5.92 Å². The van der Waals surface area contributed by atoms with Gasteiger partial charge in [-0.2, -0.15) is 0 Å². The van der Waals surface area contributed by atoms with Crippen LogP contribution in [-0.2, 0) is 17.9 Å². The summed E-state index contributed by atoms with van der Waals surface area (Å²) in [5, 5.41) is 2.99. The molecule has 1 amide bonds. The van der Waals surface area contributed by atoms with Crippen LogP contribution < -0.4 is 5.32 Å². The molecule has 0 unspecified atom stereocenters. The lowest BCUT2D eigenvalue weighted by Crippen LogP contribution is -2.33. The fraction of sp³-hybridized carbons (Fsp3) is 0.636. The predicted octanol–water partition coefficient (Wildman–Crippen LogP) is 4.81. The number of fused-ring (bicyclic) bond motifs is 1. The molecule has 3 rings (SSSR count). The third-order valence-electron chi connectivity index (χ3n) is 5.56. The first-order chi connectivity index (χ1) is 13.1. The summed E-state index contributed by atoms with van der Waals surface area (Å²) in [6.45, 7) is 10.9. The van der Waals surface area contributed by atoms with Crippen molar-refractivity contribution in [3.05, 3.63) is 24.0 Å². The molecular weight excluding hydrogens is 336 g/mol. The lowest BCUT2D eigenvalue weighted by molar-refractivity contribution is -0.116. The van der Waals surface area contributed by atoms with Gasteiger partial charge in [-0.15, -0.1) is 0 Å². The van der Waals surface area contributed by atoms with Crippen molar-refractivity contribution >= 4 is 22.6 Å².